The summed E-state index contributed by atoms with van der Waals surface area (Å²) in [7, 11) is 0. The topological polar surface area (TPSA) is 81.6 Å². The molecule has 3 aliphatic rings. The summed E-state index contributed by atoms with van der Waals surface area (Å²) in [6.45, 7) is 10.7. The number of ether oxygens (including phenoxy) is 1. The maximum Gasteiger partial charge on any atom is 0.221 e. The van der Waals surface area contributed by atoms with Gasteiger partial charge < -0.3 is 10.1 Å². The Labute approximate surface area is 215 Å². The largest absolute Gasteiger partial charge is 0.379 e. The average molecular weight is 515 g/mol. The highest BCUT2D eigenvalue weighted by molar-refractivity contribution is 7.17. The van der Waals surface area contributed by atoms with Gasteiger partial charge in [-0.15, -0.1) is 11.3 Å². The van der Waals surface area contributed by atoms with Crippen LogP contribution in [0.25, 0.3) is 0 Å². The first-order valence-corrected chi connectivity index (χ1v) is 13.2. The standard InChI is InChI=1S/C25H31ClN6O2S/c1-15-16(2)35-25-22(15)23(18-4-6-19(26)7-5-18)28-20(24-30-29-17(3)32(24)25)14-27-21(33)8-9-31-10-12-34-13-11-31/h4-7,17,20,29H,8-14H2,1-3H3,(H,27,33)/t17?,20-/m0/s1. The third-order valence-electron chi connectivity index (χ3n) is 6.77. The number of nitrogens with zero attached hydrogens (tertiary/aromatic N) is 4. The Hall–Kier alpha value is -2.46. The van der Waals surface area contributed by atoms with Crippen molar-refractivity contribution in [3.63, 3.8) is 0 Å². The number of amides is 1. The molecule has 0 spiro atoms. The van der Waals surface area contributed by atoms with Gasteiger partial charge >= 0.3 is 0 Å². The van der Waals surface area contributed by atoms with Gasteiger partial charge in [0.05, 0.1) is 18.9 Å². The van der Waals surface area contributed by atoms with Crippen molar-refractivity contribution >= 4 is 45.4 Å². The Bertz CT molecular complexity index is 1160. The minimum Gasteiger partial charge on any atom is -0.379 e. The van der Waals surface area contributed by atoms with Crippen molar-refractivity contribution in [2.45, 2.75) is 39.4 Å². The second kappa shape index (κ2) is 10.3. The number of hydrogen-bond donors (Lipinski definition) is 2. The second-order valence-electron chi connectivity index (χ2n) is 9.12. The molecule has 1 saturated heterocycles. The number of rotatable bonds is 6. The number of morpholine rings is 1. The van der Waals surface area contributed by atoms with E-state index in [0.29, 0.717) is 18.0 Å². The molecule has 8 nitrogen and oxygen atoms in total. The molecule has 10 heteroatoms. The molecule has 186 valence electrons. The molecule has 35 heavy (non-hydrogen) atoms. The summed E-state index contributed by atoms with van der Waals surface area (Å²) in [6, 6.07) is 7.49. The maximum atomic E-state index is 12.7. The summed E-state index contributed by atoms with van der Waals surface area (Å²) in [5, 5.41) is 9.59. The summed E-state index contributed by atoms with van der Waals surface area (Å²) in [6.07, 6.45) is 0.456. The molecule has 2 atom stereocenters. The maximum absolute atomic E-state index is 12.7. The fourth-order valence-electron chi connectivity index (χ4n) is 4.67. The Morgan fingerprint density at radius 1 is 1.26 bits per heavy atom. The van der Waals surface area contributed by atoms with Crippen LogP contribution in [0.15, 0.2) is 34.4 Å². The number of aryl methyl sites for hydroxylation is 1. The van der Waals surface area contributed by atoms with Crippen LogP contribution in [0.3, 0.4) is 0 Å². The lowest BCUT2D eigenvalue weighted by atomic mass is 10.00. The van der Waals surface area contributed by atoms with Crippen LogP contribution in [-0.2, 0) is 9.53 Å². The lowest BCUT2D eigenvalue weighted by molar-refractivity contribution is -0.121. The third-order valence-corrected chi connectivity index (χ3v) is 8.23. The van der Waals surface area contributed by atoms with Crippen molar-refractivity contribution in [2.24, 2.45) is 10.1 Å². The fraction of sp³-hybridized carbons (Fsp3) is 0.480. The van der Waals surface area contributed by atoms with E-state index in [9.17, 15) is 4.79 Å². The van der Waals surface area contributed by atoms with Crippen LogP contribution < -0.4 is 15.6 Å². The van der Waals surface area contributed by atoms with Crippen LogP contribution >= 0.6 is 22.9 Å². The molecule has 2 aromatic rings. The molecule has 1 aromatic carbocycles. The highest BCUT2D eigenvalue weighted by atomic mass is 35.5. The minimum atomic E-state index is -0.315. The van der Waals surface area contributed by atoms with Crippen LogP contribution in [0.2, 0.25) is 5.02 Å². The zero-order chi connectivity index (χ0) is 24.5. The number of fused-ring (bicyclic) bond motifs is 3. The first-order valence-electron chi connectivity index (χ1n) is 12.1. The molecule has 4 heterocycles. The van der Waals surface area contributed by atoms with Gasteiger partial charge in [0.15, 0.2) is 5.84 Å². The molecule has 0 aliphatic carbocycles. The molecule has 1 fully saturated rings. The van der Waals surface area contributed by atoms with E-state index in [0.717, 1.165) is 60.5 Å². The highest BCUT2D eigenvalue weighted by Crippen LogP contribution is 2.41. The summed E-state index contributed by atoms with van der Waals surface area (Å²) < 4.78 is 5.40. The molecule has 1 unspecified atom stereocenters. The molecule has 5 rings (SSSR count). The Balaban J connectivity index is 1.43. The van der Waals surface area contributed by atoms with Crippen molar-refractivity contribution in [1.29, 1.82) is 0 Å². The number of aliphatic imine (C=N–C) groups is 1. The van der Waals surface area contributed by atoms with E-state index >= 15 is 0 Å². The van der Waals surface area contributed by atoms with Gasteiger partial charge in [-0.1, -0.05) is 23.7 Å². The number of hydrazone groups is 1. The van der Waals surface area contributed by atoms with Gasteiger partial charge in [-0.3, -0.25) is 25.0 Å². The highest BCUT2D eigenvalue weighted by Gasteiger charge is 2.38. The Kier molecular flexibility index (Phi) is 7.11. The molecule has 3 aliphatic heterocycles. The van der Waals surface area contributed by atoms with E-state index < -0.39 is 0 Å². The molecule has 1 aromatic heterocycles. The predicted octanol–water partition coefficient (Wildman–Crippen LogP) is 3.15. The lowest BCUT2D eigenvalue weighted by Crippen LogP contribution is -2.45. The number of carbonyl (C=O) groups is 1. The number of thiophene rings is 1. The van der Waals surface area contributed by atoms with Gasteiger partial charge in [0.2, 0.25) is 5.91 Å². The van der Waals surface area contributed by atoms with Gasteiger partial charge in [0.25, 0.3) is 0 Å². The average Bonchev–Trinajstić information content (AvgIpc) is 3.33. The van der Waals surface area contributed by atoms with Gasteiger partial charge in [-0.25, -0.2) is 0 Å². The van der Waals surface area contributed by atoms with E-state index in [4.69, 9.17) is 21.3 Å². The SMILES string of the molecule is Cc1sc2c(c1C)C(c1ccc(Cl)cc1)=N[C@@H](CNC(=O)CCN1CCOCC1)C1=NNC(C)N12. The van der Waals surface area contributed by atoms with Crippen LogP contribution in [0.1, 0.15) is 34.9 Å². The third kappa shape index (κ3) is 4.95. The lowest BCUT2D eigenvalue weighted by Gasteiger charge is -2.26. The number of hydrogen-bond acceptors (Lipinski definition) is 8. The number of benzene rings is 1. The zero-order valence-electron chi connectivity index (χ0n) is 20.3. The second-order valence-corrected chi connectivity index (χ2v) is 10.8. The van der Waals surface area contributed by atoms with Crippen LogP contribution in [-0.4, -0.2) is 74.0 Å². The van der Waals surface area contributed by atoms with Crippen molar-refractivity contribution < 1.29 is 9.53 Å². The number of nitrogens with one attached hydrogen (secondary N) is 2. The summed E-state index contributed by atoms with van der Waals surface area (Å²) in [4.78, 5) is 23.7. The number of carbonyl (C=O) groups excluding carboxylic acids is 1. The fourth-order valence-corrected chi connectivity index (χ4v) is 6.04. The summed E-state index contributed by atoms with van der Waals surface area (Å²) in [5.41, 5.74) is 7.46. The van der Waals surface area contributed by atoms with E-state index in [-0.39, 0.29) is 18.1 Å². The van der Waals surface area contributed by atoms with Crippen molar-refractivity contribution in [3.05, 3.63) is 50.9 Å². The van der Waals surface area contributed by atoms with E-state index in [2.05, 4.69) is 46.4 Å². The van der Waals surface area contributed by atoms with Gasteiger partial charge in [0, 0.05) is 53.6 Å². The number of amidine groups is 1. The predicted molar refractivity (Wildman–Crippen MR) is 142 cm³/mol. The Morgan fingerprint density at radius 2 is 2.00 bits per heavy atom. The molecule has 0 bridgehead atoms. The number of anilines is 1. The van der Waals surface area contributed by atoms with E-state index in [1.54, 1.807) is 11.3 Å². The van der Waals surface area contributed by atoms with E-state index in [1.807, 2.05) is 24.3 Å². The van der Waals surface area contributed by atoms with Crippen molar-refractivity contribution in [3.8, 4) is 0 Å². The zero-order valence-corrected chi connectivity index (χ0v) is 21.9. The molecule has 0 radical (unpaired) electrons. The van der Waals surface area contributed by atoms with Crippen LogP contribution in [0.4, 0.5) is 5.00 Å². The van der Waals surface area contributed by atoms with E-state index in [1.165, 1.54) is 10.4 Å². The Morgan fingerprint density at radius 3 is 2.74 bits per heavy atom. The summed E-state index contributed by atoms with van der Waals surface area (Å²) >= 11 is 7.94. The molecule has 2 N–H and O–H groups in total. The first-order chi connectivity index (χ1) is 16.9. The molecule has 1 amide bonds. The van der Waals surface area contributed by atoms with Crippen LogP contribution in [0, 0.1) is 13.8 Å². The quantitative estimate of drug-likeness (QED) is 0.619. The van der Waals surface area contributed by atoms with Gasteiger partial charge in [0.1, 0.15) is 17.2 Å². The van der Waals surface area contributed by atoms with Gasteiger partial charge in [-0.2, -0.15) is 5.10 Å². The van der Waals surface area contributed by atoms with Crippen molar-refractivity contribution in [1.82, 2.24) is 15.6 Å². The molecular formula is C25H31ClN6O2S. The van der Waals surface area contributed by atoms with Crippen molar-refractivity contribution in [2.75, 3.05) is 44.3 Å². The summed E-state index contributed by atoms with van der Waals surface area (Å²) in [5.74, 6) is 0.856. The van der Waals surface area contributed by atoms with Gasteiger partial charge in [-0.05, 0) is 38.5 Å². The van der Waals surface area contributed by atoms with Crippen LogP contribution in [0.5, 0.6) is 0 Å². The minimum absolute atomic E-state index is 0.000453. The molecule has 0 saturated carbocycles. The first kappa shape index (κ1) is 24.2. The molecular weight excluding hydrogens is 484 g/mol. The smallest absolute Gasteiger partial charge is 0.221 e. The number of halogens is 1. The normalized spacial score (nSPS) is 22.0. The monoisotopic (exact) mass is 514 g/mol.